The number of aryl methyl sites for hydroxylation is 2. The molecule has 0 saturated heterocycles. The zero-order chi connectivity index (χ0) is 36.8. The van der Waals surface area contributed by atoms with Gasteiger partial charge in [0, 0.05) is 59.4 Å². The number of aromatic nitrogens is 2. The summed E-state index contributed by atoms with van der Waals surface area (Å²) in [6, 6.07) is 33.2. The minimum atomic E-state index is -0.417. The number of rotatable bonds is 4. The second-order valence-corrected chi connectivity index (χ2v) is 15.9. The van der Waals surface area contributed by atoms with Crippen molar-refractivity contribution in [3.05, 3.63) is 120 Å². The number of hydrogen-bond donors (Lipinski definition) is 1. The van der Waals surface area contributed by atoms with Crippen LogP contribution in [-0.4, -0.2) is 20.9 Å². The minimum Gasteiger partial charge on any atom is -0.512 e. The van der Waals surface area contributed by atoms with Crippen LogP contribution < -0.4 is 0 Å². The fraction of sp³-hybridized carbons (Fsp3) is 0.283. The van der Waals surface area contributed by atoms with Crippen LogP contribution in [0, 0.1) is 30.7 Å². The molecule has 5 aromatic carbocycles. The zero-order valence-corrected chi connectivity index (χ0v) is 34.1. The van der Waals surface area contributed by atoms with E-state index in [4.69, 9.17) is 14.4 Å². The van der Waals surface area contributed by atoms with E-state index in [0.29, 0.717) is 0 Å². The van der Waals surface area contributed by atoms with Crippen molar-refractivity contribution in [1.29, 1.82) is 0 Å². The molecule has 0 aliphatic rings. The van der Waals surface area contributed by atoms with Crippen molar-refractivity contribution in [2.75, 3.05) is 0 Å². The van der Waals surface area contributed by atoms with E-state index >= 15 is 0 Å². The molecule has 0 spiro atoms. The predicted molar refractivity (Wildman–Crippen MR) is 212 cm³/mol. The molecule has 0 unspecified atom stereocenters. The third-order valence-corrected chi connectivity index (χ3v) is 9.21. The molecule has 5 nitrogen and oxygen atoms in total. The van der Waals surface area contributed by atoms with E-state index in [0.717, 1.165) is 55.5 Å². The van der Waals surface area contributed by atoms with Crippen LogP contribution in [0.25, 0.3) is 66.0 Å². The van der Waals surface area contributed by atoms with E-state index in [1.165, 1.54) is 33.5 Å². The Balaban J connectivity index is 0.000000322. The van der Waals surface area contributed by atoms with Crippen LogP contribution >= 0.6 is 0 Å². The van der Waals surface area contributed by atoms with E-state index in [1.54, 1.807) is 0 Å². The Labute approximate surface area is 320 Å². The van der Waals surface area contributed by atoms with Crippen molar-refractivity contribution in [2.24, 2.45) is 10.8 Å². The Morgan fingerprint density at radius 1 is 0.808 bits per heavy atom. The van der Waals surface area contributed by atoms with Crippen molar-refractivity contribution in [1.82, 2.24) is 9.97 Å². The van der Waals surface area contributed by atoms with Gasteiger partial charge in [-0.1, -0.05) is 139 Å². The Morgan fingerprint density at radius 2 is 1.50 bits per heavy atom. The van der Waals surface area contributed by atoms with Gasteiger partial charge in [0.2, 0.25) is 0 Å². The third-order valence-electron chi connectivity index (χ3n) is 9.21. The molecule has 7 aromatic rings. The van der Waals surface area contributed by atoms with Crippen LogP contribution in [-0.2, 0) is 24.9 Å². The van der Waals surface area contributed by atoms with Gasteiger partial charge in [-0.25, -0.2) is 4.98 Å². The number of allylic oxidation sites excluding steroid dienone is 2. The second-order valence-electron chi connectivity index (χ2n) is 15.9. The van der Waals surface area contributed by atoms with Crippen molar-refractivity contribution in [3.63, 3.8) is 0 Å². The number of furan rings is 1. The van der Waals surface area contributed by atoms with Crippen LogP contribution in [0.15, 0.2) is 101 Å². The fourth-order valence-corrected chi connectivity index (χ4v) is 6.20. The van der Waals surface area contributed by atoms with Crippen molar-refractivity contribution >= 4 is 49.4 Å². The second kappa shape index (κ2) is 14.8. The molecular formula is C46H47IrN2O3-. The summed E-state index contributed by atoms with van der Waals surface area (Å²) in [5.41, 5.74) is 8.42. The van der Waals surface area contributed by atoms with Gasteiger partial charge in [0.1, 0.15) is 17.2 Å². The molecule has 0 bridgehead atoms. The quantitative estimate of drug-likeness (QED) is 0.0825. The summed E-state index contributed by atoms with van der Waals surface area (Å²) in [6.45, 7) is 19.7. The first-order valence-corrected chi connectivity index (χ1v) is 17.6. The average molecular weight is 868 g/mol. The van der Waals surface area contributed by atoms with Crippen LogP contribution in [0.3, 0.4) is 0 Å². The molecule has 0 aliphatic heterocycles. The maximum absolute atomic E-state index is 11.5. The van der Waals surface area contributed by atoms with Crippen molar-refractivity contribution in [2.45, 2.75) is 75.2 Å². The van der Waals surface area contributed by atoms with Gasteiger partial charge in [0.15, 0.2) is 5.78 Å². The third kappa shape index (κ3) is 7.74. The number of aliphatic hydroxyl groups excluding tert-OH is 1. The van der Waals surface area contributed by atoms with Crippen molar-refractivity contribution in [3.8, 4) is 22.4 Å². The maximum atomic E-state index is 11.5. The van der Waals surface area contributed by atoms with E-state index in [1.807, 2.05) is 53.7 Å². The summed E-state index contributed by atoms with van der Waals surface area (Å²) >= 11 is 0. The first kappa shape index (κ1) is 38.6. The summed E-state index contributed by atoms with van der Waals surface area (Å²) in [5.74, 6) is 1.11. The van der Waals surface area contributed by atoms with Crippen molar-refractivity contribution < 1.29 is 34.4 Å². The summed E-state index contributed by atoms with van der Waals surface area (Å²) in [5, 5.41) is 15.1. The summed E-state index contributed by atoms with van der Waals surface area (Å²) in [7, 11) is 0. The summed E-state index contributed by atoms with van der Waals surface area (Å²) in [4.78, 5) is 21.7. The molecule has 1 N–H and O–H groups in total. The monoisotopic (exact) mass is 868 g/mol. The molecule has 0 aliphatic carbocycles. The van der Waals surface area contributed by atoms with Gasteiger partial charge < -0.3 is 9.52 Å². The first-order valence-electron chi connectivity index (χ1n) is 17.6. The largest absolute Gasteiger partial charge is 0.512 e. The van der Waals surface area contributed by atoms with Gasteiger partial charge in [-0.3, -0.25) is 9.78 Å². The van der Waals surface area contributed by atoms with Gasteiger partial charge >= 0.3 is 0 Å². The van der Waals surface area contributed by atoms with Gasteiger partial charge in [0.05, 0.1) is 11.1 Å². The number of fused-ring (bicyclic) bond motifs is 6. The molecule has 6 heteroatoms. The van der Waals surface area contributed by atoms with Gasteiger partial charge in [-0.05, 0) is 47.4 Å². The molecule has 0 saturated carbocycles. The SMILES string of the molecule is CC(C)(C)C(=O)/C=C(\O)C(C)(C)C.Cc1cc(C)c2c(ccc3c(-c4[c-]ccc5c4oc4cc(-c6ccccc6)ccc45)nc(C(C)C)nc32)c1.[Ir]. The predicted octanol–water partition coefficient (Wildman–Crippen LogP) is 12.6. The fourth-order valence-electron chi connectivity index (χ4n) is 6.20. The van der Waals surface area contributed by atoms with E-state index in [2.05, 4.69) is 107 Å². The zero-order valence-electron chi connectivity index (χ0n) is 31.7. The summed E-state index contributed by atoms with van der Waals surface area (Å²) < 4.78 is 6.58. The Hall–Kier alpha value is -4.64. The standard InChI is InChI=1S/C35H27N2O.C11H20O2.Ir/c1-20(2)35-36-32(28-16-14-25-18-21(3)17-22(4)31(25)33(28)37-35)29-12-8-11-27-26-15-13-24(19-30(26)38-34(27)29)23-9-6-5-7-10-23;1-10(2,3)8(12)7-9(13)11(4,5)6;/h5-11,13-20H,1-4H3;7,12H,1-6H3;/q-1;;/b;8-7-;. The van der Waals surface area contributed by atoms with E-state index < -0.39 is 5.41 Å². The number of ketones is 1. The Bertz CT molecular complexity index is 2460. The molecule has 0 amide bonds. The Kier molecular flexibility index (Phi) is 11.0. The average Bonchev–Trinajstić information content (AvgIpc) is 3.45. The topological polar surface area (TPSA) is 76.2 Å². The smallest absolute Gasteiger partial charge is 0.164 e. The van der Waals surface area contributed by atoms with E-state index in [9.17, 15) is 9.90 Å². The molecule has 2 heterocycles. The molecule has 1 radical (unpaired) electrons. The Morgan fingerprint density at radius 3 is 2.15 bits per heavy atom. The van der Waals surface area contributed by atoms with Gasteiger partial charge in [-0.2, -0.15) is 0 Å². The van der Waals surface area contributed by atoms with Crippen LogP contribution in [0.4, 0.5) is 0 Å². The number of hydrogen-bond acceptors (Lipinski definition) is 5. The van der Waals surface area contributed by atoms with Gasteiger partial charge in [-0.15, -0.1) is 18.2 Å². The molecule has 0 fully saturated rings. The number of benzene rings is 5. The van der Waals surface area contributed by atoms with E-state index in [-0.39, 0.29) is 43.0 Å². The van der Waals surface area contributed by atoms with Crippen LogP contribution in [0.1, 0.15) is 78.3 Å². The molecule has 2 aromatic heterocycles. The molecule has 52 heavy (non-hydrogen) atoms. The molecule has 7 rings (SSSR count). The number of aliphatic hydroxyl groups is 1. The number of nitrogens with zero attached hydrogens (tertiary/aromatic N) is 2. The number of carbonyl (C=O) groups excluding carboxylic acids is 1. The molecular weight excluding hydrogens is 821 g/mol. The number of carbonyl (C=O) groups is 1. The molecule has 0 atom stereocenters. The van der Waals surface area contributed by atoms with Crippen LogP contribution in [0.2, 0.25) is 0 Å². The molecule has 269 valence electrons. The normalized spacial score (nSPS) is 12.3. The summed E-state index contributed by atoms with van der Waals surface area (Å²) in [6.07, 6.45) is 1.33. The minimum absolute atomic E-state index is 0. The van der Waals surface area contributed by atoms with Gasteiger partial charge in [0.25, 0.3) is 0 Å². The van der Waals surface area contributed by atoms with Crippen LogP contribution in [0.5, 0.6) is 0 Å². The first-order chi connectivity index (χ1) is 24.0. The maximum Gasteiger partial charge on any atom is 0.164 e.